The molecule has 3 heterocycles. The number of nitrogens with zero attached hydrogens (tertiary/aromatic N) is 2. The van der Waals surface area contributed by atoms with E-state index in [0.29, 0.717) is 43.0 Å². The lowest BCUT2D eigenvalue weighted by molar-refractivity contribution is -0.153. The van der Waals surface area contributed by atoms with E-state index in [1.807, 2.05) is 19.1 Å². The third-order valence-corrected chi connectivity index (χ3v) is 7.21. The number of carbonyl (C=O) groups is 2. The molecule has 3 aliphatic heterocycles. The van der Waals surface area contributed by atoms with Crippen LogP contribution in [0.4, 0.5) is 0 Å². The number of nitrogens with one attached hydrogen (secondary N) is 1. The monoisotopic (exact) mass is 413 g/mol. The second-order valence-corrected chi connectivity index (χ2v) is 9.31. The van der Waals surface area contributed by atoms with Crippen LogP contribution in [-0.2, 0) is 16.0 Å². The van der Waals surface area contributed by atoms with Crippen molar-refractivity contribution in [1.82, 2.24) is 15.1 Å². The number of aromatic hydroxyl groups is 1. The van der Waals surface area contributed by atoms with Gasteiger partial charge in [-0.3, -0.25) is 9.59 Å². The fourth-order valence-corrected chi connectivity index (χ4v) is 5.80. The third-order valence-electron chi connectivity index (χ3n) is 7.21. The van der Waals surface area contributed by atoms with Crippen LogP contribution in [0.5, 0.6) is 5.75 Å². The smallest absolute Gasteiger partial charge is 0.223 e. The Balaban J connectivity index is 1.44. The molecule has 3 fully saturated rings. The van der Waals surface area contributed by atoms with E-state index < -0.39 is 0 Å². The molecule has 0 aliphatic carbocycles. The fraction of sp³-hybridized carbons (Fsp3) is 0.667. The fourth-order valence-electron chi connectivity index (χ4n) is 5.80. The van der Waals surface area contributed by atoms with E-state index in [2.05, 4.69) is 15.1 Å². The van der Waals surface area contributed by atoms with Gasteiger partial charge in [0.1, 0.15) is 5.75 Å². The number of likely N-dealkylation sites (tertiary alicyclic amines) is 1. The van der Waals surface area contributed by atoms with Crippen LogP contribution in [-0.4, -0.2) is 65.0 Å². The Hall–Kier alpha value is -2.08. The number of piperidine rings is 3. The summed E-state index contributed by atoms with van der Waals surface area (Å²) < 4.78 is 0. The third kappa shape index (κ3) is 4.64. The first-order valence-corrected chi connectivity index (χ1v) is 11.6. The molecule has 6 heteroatoms. The maximum absolute atomic E-state index is 12.8. The van der Waals surface area contributed by atoms with Gasteiger partial charge in [0.15, 0.2) is 0 Å². The quantitative estimate of drug-likeness (QED) is 0.721. The second kappa shape index (κ2) is 9.38. The Bertz CT molecular complexity index is 751. The molecule has 30 heavy (non-hydrogen) atoms. The van der Waals surface area contributed by atoms with Crippen LogP contribution in [0.3, 0.4) is 0 Å². The number of carbonyl (C=O) groups excluding carboxylic acids is 2. The van der Waals surface area contributed by atoms with Crippen LogP contribution < -0.4 is 5.32 Å². The predicted molar refractivity (Wildman–Crippen MR) is 116 cm³/mol. The van der Waals surface area contributed by atoms with Crippen molar-refractivity contribution in [1.29, 1.82) is 0 Å². The topological polar surface area (TPSA) is 72.9 Å². The molecule has 0 aromatic heterocycles. The van der Waals surface area contributed by atoms with Crippen molar-refractivity contribution in [2.24, 2.45) is 11.8 Å². The second-order valence-electron chi connectivity index (χ2n) is 9.31. The average Bonchev–Trinajstić information content (AvgIpc) is 2.74. The van der Waals surface area contributed by atoms with Gasteiger partial charge in [-0.1, -0.05) is 19.1 Å². The summed E-state index contributed by atoms with van der Waals surface area (Å²) in [5.41, 5.74) is 1.24. The first kappa shape index (κ1) is 21.2. The largest absolute Gasteiger partial charge is 0.508 e. The van der Waals surface area contributed by atoms with E-state index in [9.17, 15) is 14.7 Å². The number of benzene rings is 1. The zero-order valence-corrected chi connectivity index (χ0v) is 18.1. The van der Waals surface area contributed by atoms with Gasteiger partial charge in [0.25, 0.3) is 0 Å². The van der Waals surface area contributed by atoms with Crippen LogP contribution in [0.1, 0.15) is 51.0 Å². The zero-order valence-electron chi connectivity index (χ0n) is 18.1. The molecule has 1 aromatic carbocycles. The summed E-state index contributed by atoms with van der Waals surface area (Å²) in [6.45, 7) is 5.64. The Morgan fingerprint density at radius 2 is 1.97 bits per heavy atom. The number of hydrogen-bond donors (Lipinski definition) is 2. The van der Waals surface area contributed by atoms with Gasteiger partial charge in [0.2, 0.25) is 11.8 Å². The van der Waals surface area contributed by atoms with Gasteiger partial charge in [-0.25, -0.2) is 0 Å². The molecule has 0 radical (unpaired) electrons. The van der Waals surface area contributed by atoms with Crippen molar-refractivity contribution in [2.45, 2.75) is 64.0 Å². The highest BCUT2D eigenvalue weighted by atomic mass is 16.3. The summed E-state index contributed by atoms with van der Waals surface area (Å²) in [5.74, 6) is 1.65. The molecule has 3 aliphatic rings. The van der Waals surface area contributed by atoms with Gasteiger partial charge in [-0.15, -0.1) is 0 Å². The Kier molecular flexibility index (Phi) is 6.61. The van der Waals surface area contributed by atoms with Gasteiger partial charge in [-0.2, -0.15) is 0 Å². The van der Waals surface area contributed by atoms with Gasteiger partial charge >= 0.3 is 0 Å². The average molecular weight is 414 g/mol. The van der Waals surface area contributed by atoms with Crippen molar-refractivity contribution < 1.29 is 14.7 Å². The van der Waals surface area contributed by atoms with Crippen LogP contribution in [0, 0.1) is 11.8 Å². The number of phenolic OH excluding ortho intramolecular Hbond substituents is 1. The summed E-state index contributed by atoms with van der Waals surface area (Å²) in [6.07, 6.45) is 6.26. The van der Waals surface area contributed by atoms with Crippen molar-refractivity contribution in [3.05, 3.63) is 29.8 Å². The number of hydrogen-bond acceptors (Lipinski definition) is 4. The minimum atomic E-state index is 0.0978. The molecule has 1 aromatic rings. The van der Waals surface area contributed by atoms with E-state index in [4.69, 9.17) is 0 Å². The lowest BCUT2D eigenvalue weighted by atomic mass is 9.72. The van der Waals surface area contributed by atoms with Crippen LogP contribution >= 0.6 is 0 Å². The van der Waals surface area contributed by atoms with Gasteiger partial charge in [0, 0.05) is 45.1 Å². The molecule has 3 saturated heterocycles. The van der Waals surface area contributed by atoms with Gasteiger partial charge < -0.3 is 20.2 Å². The van der Waals surface area contributed by atoms with Crippen LogP contribution in [0.2, 0.25) is 0 Å². The van der Waals surface area contributed by atoms with E-state index in [0.717, 1.165) is 45.3 Å². The van der Waals surface area contributed by atoms with Crippen molar-refractivity contribution in [2.75, 3.05) is 26.2 Å². The van der Waals surface area contributed by atoms with E-state index in [1.165, 1.54) is 12.0 Å². The van der Waals surface area contributed by atoms with E-state index in [1.54, 1.807) is 12.1 Å². The predicted octanol–water partition coefficient (Wildman–Crippen LogP) is 2.55. The Morgan fingerprint density at radius 1 is 1.20 bits per heavy atom. The lowest BCUT2D eigenvalue weighted by Gasteiger charge is -2.56. The molecule has 0 unspecified atom stereocenters. The molecular weight excluding hydrogens is 378 g/mol. The summed E-state index contributed by atoms with van der Waals surface area (Å²) in [7, 11) is 0. The molecule has 6 nitrogen and oxygen atoms in total. The normalized spacial score (nSPS) is 28.8. The van der Waals surface area contributed by atoms with Crippen molar-refractivity contribution in [3.8, 4) is 5.75 Å². The van der Waals surface area contributed by atoms with Crippen molar-refractivity contribution in [3.63, 3.8) is 0 Å². The standard InChI is InChI=1S/C24H35N3O3/c1-2-4-23(29)25-14-22-19-13-18(21-5-3-6-24(30)27(21)22)15-26(16-19)12-11-17-7-9-20(28)10-8-17/h7-10,18-19,21-22,28H,2-6,11-16H2,1H3,(H,25,29)/t18-,19+,21+,22+/m1/s1. The van der Waals surface area contributed by atoms with E-state index >= 15 is 0 Å². The maximum atomic E-state index is 12.8. The highest BCUT2D eigenvalue weighted by Crippen LogP contribution is 2.41. The summed E-state index contributed by atoms with van der Waals surface area (Å²) >= 11 is 0. The molecule has 2 amide bonds. The number of phenols is 1. The summed E-state index contributed by atoms with van der Waals surface area (Å²) in [6, 6.07) is 7.94. The lowest BCUT2D eigenvalue weighted by Crippen LogP contribution is -2.67. The van der Waals surface area contributed by atoms with E-state index in [-0.39, 0.29) is 17.9 Å². The van der Waals surface area contributed by atoms with Crippen molar-refractivity contribution >= 4 is 11.8 Å². The van der Waals surface area contributed by atoms with Crippen LogP contribution in [0.25, 0.3) is 0 Å². The minimum Gasteiger partial charge on any atom is -0.508 e. The number of amides is 2. The molecule has 2 N–H and O–H groups in total. The summed E-state index contributed by atoms with van der Waals surface area (Å²) in [5, 5.41) is 12.6. The Morgan fingerprint density at radius 3 is 2.73 bits per heavy atom. The number of rotatable bonds is 7. The first-order chi connectivity index (χ1) is 14.5. The summed E-state index contributed by atoms with van der Waals surface area (Å²) in [4.78, 5) is 29.7. The van der Waals surface area contributed by atoms with Gasteiger partial charge in [0.05, 0.1) is 6.04 Å². The molecule has 4 rings (SSSR count). The minimum absolute atomic E-state index is 0.0978. The molecule has 0 spiro atoms. The molecule has 2 bridgehead atoms. The maximum Gasteiger partial charge on any atom is 0.223 e. The molecule has 164 valence electrons. The first-order valence-electron chi connectivity index (χ1n) is 11.6. The highest BCUT2D eigenvalue weighted by molar-refractivity contribution is 5.78. The number of fused-ring (bicyclic) bond motifs is 4. The van der Waals surface area contributed by atoms with Crippen LogP contribution in [0.15, 0.2) is 24.3 Å². The SMILES string of the molecule is CCCC(=O)NC[C@H]1[C@H]2C[C@H](CN(CCc3ccc(O)cc3)C2)[C@@H]2CCCC(=O)N21. The van der Waals surface area contributed by atoms with Gasteiger partial charge in [-0.05, 0) is 61.6 Å². The highest BCUT2D eigenvalue weighted by Gasteiger charge is 2.49. The molecule has 4 atom stereocenters. The zero-order chi connectivity index (χ0) is 21.1. The Labute approximate surface area is 179 Å². The molecular formula is C24H35N3O3. The molecule has 0 saturated carbocycles.